The van der Waals surface area contributed by atoms with Crippen LogP contribution in [0.15, 0.2) is 23.1 Å². The van der Waals surface area contributed by atoms with Gasteiger partial charge < -0.3 is 14.5 Å². The maximum absolute atomic E-state index is 13.2. The average Bonchev–Trinajstić information content (AvgIpc) is 3.29. The molecule has 34 heavy (non-hydrogen) atoms. The van der Waals surface area contributed by atoms with Crippen LogP contribution >= 0.6 is 23.2 Å². The quantitative estimate of drug-likeness (QED) is 0.536. The fraction of sp³-hybridized carbons (Fsp3) is 0.696. The molecule has 3 heterocycles. The summed E-state index contributed by atoms with van der Waals surface area (Å²) >= 11 is 12.3. The van der Waals surface area contributed by atoms with Gasteiger partial charge >= 0.3 is 0 Å². The third-order valence-electron chi connectivity index (χ3n) is 7.22. The zero-order chi connectivity index (χ0) is 24.3. The van der Waals surface area contributed by atoms with Crippen LogP contribution in [0.1, 0.15) is 25.7 Å². The third-order valence-corrected chi connectivity index (χ3v) is 10.1. The Balaban J connectivity index is 1.25. The molecule has 1 unspecified atom stereocenters. The Kier molecular flexibility index (Phi) is 8.77. The van der Waals surface area contributed by atoms with Crippen molar-refractivity contribution in [3.8, 4) is 0 Å². The maximum atomic E-state index is 13.2. The molecule has 1 atom stereocenters. The van der Waals surface area contributed by atoms with E-state index in [4.69, 9.17) is 27.9 Å². The summed E-state index contributed by atoms with van der Waals surface area (Å²) in [7, 11) is -1.70. The Bertz CT molecular complexity index is 943. The van der Waals surface area contributed by atoms with Crippen LogP contribution in [-0.4, -0.2) is 111 Å². The molecule has 0 aromatic heterocycles. The summed E-state index contributed by atoms with van der Waals surface area (Å²) in [6.07, 6.45) is 3.38. The van der Waals surface area contributed by atoms with Crippen LogP contribution in [-0.2, 0) is 19.6 Å². The second-order valence-electron chi connectivity index (χ2n) is 9.43. The third kappa shape index (κ3) is 5.88. The van der Waals surface area contributed by atoms with Crippen molar-refractivity contribution in [1.29, 1.82) is 0 Å². The van der Waals surface area contributed by atoms with E-state index in [-0.39, 0.29) is 40.1 Å². The molecule has 0 N–H and O–H groups in total. The summed E-state index contributed by atoms with van der Waals surface area (Å²) in [5.74, 6) is -0.0293. The van der Waals surface area contributed by atoms with E-state index >= 15 is 0 Å². The van der Waals surface area contributed by atoms with Gasteiger partial charge in [-0.1, -0.05) is 29.3 Å². The first-order valence-corrected chi connectivity index (χ1v) is 14.2. The van der Waals surface area contributed by atoms with Crippen molar-refractivity contribution >= 4 is 39.1 Å². The minimum Gasteiger partial charge on any atom is -0.370 e. The highest BCUT2D eigenvalue weighted by molar-refractivity contribution is 7.89. The highest BCUT2D eigenvalue weighted by Gasteiger charge is 2.38. The molecule has 0 spiro atoms. The first-order chi connectivity index (χ1) is 16.3. The molecule has 1 aromatic carbocycles. The standard InChI is InChI=1S/C23H34Cl2N4O4S/c1-26-12-14-27(15-13-26)18-7-10-28(11-8-18)22(30)17-33-16-19-4-3-9-29(19)34(31,32)23-20(24)5-2-6-21(23)25/h2,5-6,18-19H,3-4,7-17H2,1H3. The molecule has 3 saturated heterocycles. The zero-order valence-corrected chi connectivity index (χ0v) is 22.0. The monoisotopic (exact) mass is 532 g/mol. The molecule has 1 amide bonds. The number of hydrogen-bond donors (Lipinski definition) is 0. The van der Waals surface area contributed by atoms with Crippen LogP contribution in [0.2, 0.25) is 10.0 Å². The highest BCUT2D eigenvalue weighted by Crippen LogP contribution is 2.34. The Morgan fingerprint density at radius 3 is 2.29 bits per heavy atom. The largest absolute Gasteiger partial charge is 0.370 e. The number of amides is 1. The van der Waals surface area contributed by atoms with E-state index in [1.165, 1.54) is 16.4 Å². The number of nitrogens with zero attached hydrogens (tertiary/aromatic N) is 4. The molecular weight excluding hydrogens is 499 g/mol. The minimum absolute atomic E-state index is 0.0293. The van der Waals surface area contributed by atoms with Crippen molar-refractivity contribution < 1.29 is 17.9 Å². The number of carbonyl (C=O) groups is 1. The SMILES string of the molecule is CN1CCN(C2CCN(C(=O)COCC3CCCN3S(=O)(=O)c3c(Cl)cccc3Cl)CC2)CC1. The van der Waals surface area contributed by atoms with Gasteiger partial charge in [-0.2, -0.15) is 4.31 Å². The zero-order valence-electron chi connectivity index (χ0n) is 19.7. The van der Waals surface area contributed by atoms with Crippen LogP contribution < -0.4 is 0 Å². The molecule has 0 saturated carbocycles. The topological polar surface area (TPSA) is 73.4 Å². The first-order valence-electron chi connectivity index (χ1n) is 12.0. The lowest BCUT2D eigenvalue weighted by Crippen LogP contribution is -2.53. The lowest BCUT2D eigenvalue weighted by atomic mass is 10.0. The Morgan fingerprint density at radius 1 is 1.00 bits per heavy atom. The van der Waals surface area contributed by atoms with E-state index in [9.17, 15) is 13.2 Å². The van der Waals surface area contributed by atoms with Crippen molar-refractivity contribution in [3.05, 3.63) is 28.2 Å². The number of likely N-dealkylation sites (tertiary alicyclic amines) is 1. The fourth-order valence-corrected chi connectivity index (χ4v) is 7.95. The summed E-state index contributed by atoms with van der Waals surface area (Å²) in [5, 5.41) is 0.212. The van der Waals surface area contributed by atoms with Crippen LogP contribution in [0.25, 0.3) is 0 Å². The summed E-state index contributed by atoms with van der Waals surface area (Å²) in [4.78, 5) is 19.4. The number of piperazine rings is 1. The average molecular weight is 534 g/mol. The first kappa shape index (κ1) is 26.1. The van der Waals surface area contributed by atoms with E-state index in [0.717, 1.165) is 58.5 Å². The summed E-state index contributed by atoms with van der Waals surface area (Å²) in [6, 6.07) is 4.87. The summed E-state index contributed by atoms with van der Waals surface area (Å²) in [5.41, 5.74) is 0. The second-order valence-corrected chi connectivity index (χ2v) is 12.1. The number of hydrogen-bond acceptors (Lipinski definition) is 6. The molecule has 4 rings (SSSR count). The predicted octanol–water partition coefficient (Wildman–Crippen LogP) is 2.40. The van der Waals surface area contributed by atoms with Crippen LogP contribution in [0.5, 0.6) is 0 Å². The van der Waals surface area contributed by atoms with Gasteiger partial charge in [-0.3, -0.25) is 9.69 Å². The van der Waals surface area contributed by atoms with Gasteiger partial charge in [0.15, 0.2) is 0 Å². The lowest BCUT2D eigenvalue weighted by Gasteiger charge is -2.42. The van der Waals surface area contributed by atoms with Gasteiger partial charge in [0.25, 0.3) is 0 Å². The summed E-state index contributed by atoms with van der Waals surface area (Å²) < 4.78 is 33.6. The molecule has 3 aliphatic heterocycles. The van der Waals surface area contributed by atoms with E-state index < -0.39 is 10.0 Å². The number of rotatable bonds is 7. The van der Waals surface area contributed by atoms with Crippen LogP contribution in [0.3, 0.4) is 0 Å². The van der Waals surface area contributed by atoms with E-state index in [1.54, 1.807) is 6.07 Å². The second kappa shape index (κ2) is 11.4. The lowest BCUT2D eigenvalue weighted by molar-refractivity contribution is -0.138. The van der Waals surface area contributed by atoms with E-state index in [0.29, 0.717) is 19.0 Å². The molecule has 190 valence electrons. The fourth-order valence-electron chi connectivity index (χ4n) is 5.18. The highest BCUT2D eigenvalue weighted by atomic mass is 35.5. The summed E-state index contributed by atoms with van der Waals surface area (Å²) in [6.45, 7) is 6.40. The molecule has 0 aliphatic carbocycles. The molecule has 8 nitrogen and oxygen atoms in total. The number of likely N-dealkylation sites (N-methyl/N-ethyl adjacent to an activating group) is 1. The molecular formula is C23H34Cl2N4O4S. The van der Waals surface area contributed by atoms with Gasteiger partial charge in [0.1, 0.15) is 11.5 Å². The predicted molar refractivity (Wildman–Crippen MR) is 133 cm³/mol. The van der Waals surface area contributed by atoms with Crippen molar-refractivity contribution in [2.24, 2.45) is 0 Å². The van der Waals surface area contributed by atoms with Crippen LogP contribution in [0.4, 0.5) is 0 Å². The Labute approximate surface area is 212 Å². The van der Waals surface area contributed by atoms with Crippen molar-refractivity contribution in [1.82, 2.24) is 19.0 Å². The number of sulfonamides is 1. The number of ether oxygens (including phenoxy) is 1. The maximum Gasteiger partial charge on any atom is 0.248 e. The van der Waals surface area contributed by atoms with Gasteiger partial charge in [-0.25, -0.2) is 8.42 Å². The molecule has 3 aliphatic rings. The molecule has 1 aromatic rings. The number of piperidine rings is 1. The van der Waals surface area contributed by atoms with Gasteiger partial charge in [-0.15, -0.1) is 0 Å². The van der Waals surface area contributed by atoms with Crippen molar-refractivity contribution in [2.45, 2.75) is 42.7 Å². The van der Waals surface area contributed by atoms with E-state index in [2.05, 4.69) is 16.8 Å². The van der Waals surface area contributed by atoms with Gasteiger partial charge in [-0.05, 0) is 44.9 Å². The number of benzene rings is 1. The van der Waals surface area contributed by atoms with Gasteiger partial charge in [0.2, 0.25) is 15.9 Å². The smallest absolute Gasteiger partial charge is 0.248 e. The van der Waals surface area contributed by atoms with Crippen LogP contribution in [0, 0.1) is 0 Å². The van der Waals surface area contributed by atoms with Gasteiger partial charge in [0.05, 0.1) is 16.7 Å². The normalized spacial score (nSPS) is 24.1. The number of carbonyl (C=O) groups excluding carboxylic acids is 1. The number of halogens is 2. The molecule has 0 radical (unpaired) electrons. The minimum atomic E-state index is -3.85. The molecule has 3 fully saturated rings. The van der Waals surface area contributed by atoms with Gasteiger partial charge in [0, 0.05) is 57.9 Å². The van der Waals surface area contributed by atoms with Crippen molar-refractivity contribution in [3.63, 3.8) is 0 Å². The van der Waals surface area contributed by atoms with E-state index in [1.807, 2.05) is 4.90 Å². The Hall–Kier alpha value is -0.940. The van der Waals surface area contributed by atoms with Crippen molar-refractivity contribution in [2.75, 3.05) is 66.1 Å². The Morgan fingerprint density at radius 2 is 1.65 bits per heavy atom. The molecule has 0 bridgehead atoms. The molecule has 11 heteroatoms.